The summed E-state index contributed by atoms with van der Waals surface area (Å²) in [6.07, 6.45) is 4.06. The molecule has 1 aromatic heterocycles. The molecular weight excluding hydrogens is 278 g/mol. The molecule has 1 fully saturated rings. The summed E-state index contributed by atoms with van der Waals surface area (Å²) in [6, 6.07) is 0. The van der Waals surface area contributed by atoms with Crippen LogP contribution in [0, 0.1) is 0 Å². The van der Waals surface area contributed by atoms with E-state index < -0.39 is 5.60 Å². The second kappa shape index (κ2) is 4.35. The molecule has 1 aliphatic rings. The van der Waals surface area contributed by atoms with E-state index in [0.717, 1.165) is 34.7 Å². The highest BCUT2D eigenvalue weighted by molar-refractivity contribution is 9.11. The number of likely N-dealkylation sites (N-methyl/N-ethyl adjacent to an activating group) is 1. The number of anilines is 1. The summed E-state index contributed by atoms with van der Waals surface area (Å²) in [5, 5.41) is 19.0. The number of aliphatic hydroxyl groups is 1. The van der Waals surface area contributed by atoms with Crippen LogP contribution in [-0.4, -0.2) is 34.5 Å². The molecule has 0 spiro atoms. The van der Waals surface area contributed by atoms with E-state index >= 15 is 0 Å². The van der Waals surface area contributed by atoms with Crippen LogP contribution in [0.15, 0.2) is 3.92 Å². The maximum atomic E-state index is 10.2. The molecule has 0 aromatic carbocycles. The molecule has 2 rings (SSSR count). The van der Waals surface area contributed by atoms with Crippen molar-refractivity contribution >= 4 is 32.4 Å². The van der Waals surface area contributed by atoms with Gasteiger partial charge in [-0.2, -0.15) is 0 Å². The monoisotopic (exact) mass is 291 g/mol. The summed E-state index contributed by atoms with van der Waals surface area (Å²) in [7, 11) is 1.95. The molecule has 0 radical (unpaired) electrons. The molecular formula is C9H14BrN3OS. The number of aromatic nitrogens is 2. The van der Waals surface area contributed by atoms with Crippen LogP contribution in [0.2, 0.25) is 0 Å². The third kappa shape index (κ3) is 2.68. The Morgan fingerprint density at radius 1 is 1.47 bits per heavy atom. The zero-order valence-corrected chi connectivity index (χ0v) is 11.0. The van der Waals surface area contributed by atoms with Crippen molar-refractivity contribution in [1.29, 1.82) is 0 Å². The molecule has 1 heterocycles. The SMILES string of the molecule is CN(CC1(O)CCCC1)c1nnc(Br)s1. The smallest absolute Gasteiger partial charge is 0.208 e. The molecule has 0 amide bonds. The summed E-state index contributed by atoms with van der Waals surface area (Å²) in [4.78, 5) is 1.98. The van der Waals surface area contributed by atoms with E-state index in [1.165, 1.54) is 11.3 Å². The predicted octanol–water partition coefficient (Wildman–Crippen LogP) is 2.04. The van der Waals surface area contributed by atoms with E-state index in [1.807, 2.05) is 11.9 Å². The van der Waals surface area contributed by atoms with Crippen LogP contribution in [0.25, 0.3) is 0 Å². The molecule has 0 atom stereocenters. The minimum Gasteiger partial charge on any atom is -0.388 e. The average molecular weight is 292 g/mol. The first-order valence-electron chi connectivity index (χ1n) is 5.02. The molecule has 84 valence electrons. The Balaban J connectivity index is 2.00. The first-order chi connectivity index (χ1) is 7.09. The predicted molar refractivity (Wildman–Crippen MR) is 64.3 cm³/mol. The van der Waals surface area contributed by atoms with Crippen LogP contribution >= 0.6 is 27.3 Å². The van der Waals surface area contributed by atoms with Crippen molar-refractivity contribution in [1.82, 2.24) is 10.2 Å². The highest BCUT2D eigenvalue weighted by atomic mass is 79.9. The molecule has 1 aliphatic carbocycles. The summed E-state index contributed by atoms with van der Waals surface area (Å²) in [5.74, 6) is 0. The van der Waals surface area contributed by atoms with Gasteiger partial charge in [-0.1, -0.05) is 24.2 Å². The third-order valence-electron chi connectivity index (χ3n) is 2.78. The van der Waals surface area contributed by atoms with Crippen molar-refractivity contribution in [3.8, 4) is 0 Å². The summed E-state index contributed by atoms with van der Waals surface area (Å²) in [6.45, 7) is 0.647. The molecule has 1 N–H and O–H groups in total. The molecule has 6 heteroatoms. The zero-order valence-electron chi connectivity index (χ0n) is 8.61. The van der Waals surface area contributed by atoms with Crippen molar-refractivity contribution in [2.24, 2.45) is 0 Å². The molecule has 1 saturated carbocycles. The van der Waals surface area contributed by atoms with Crippen LogP contribution in [0.3, 0.4) is 0 Å². The number of hydrogen-bond acceptors (Lipinski definition) is 5. The summed E-state index contributed by atoms with van der Waals surface area (Å²) >= 11 is 4.77. The van der Waals surface area contributed by atoms with Crippen molar-refractivity contribution in [2.75, 3.05) is 18.5 Å². The lowest BCUT2D eigenvalue weighted by molar-refractivity contribution is 0.0559. The average Bonchev–Trinajstić information content (AvgIpc) is 2.75. The first kappa shape index (κ1) is 11.3. The first-order valence-corrected chi connectivity index (χ1v) is 6.63. The molecule has 4 nitrogen and oxygen atoms in total. The van der Waals surface area contributed by atoms with Gasteiger partial charge in [-0.15, -0.1) is 10.2 Å². The van der Waals surface area contributed by atoms with Gasteiger partial charge in [0.1, 0.15) is 0 Å². The van der Waals surface area contributed by atoms with E-state index in [0.29, 0.717) is 6.54 Å². The molecule has 15 heavy (non-hydrogen) atoms. The van der Waals surface area contributed by atoms with Gasteiger partial charge in [-0.25, -0.2) is 0 Å². The van der Waals surface area contributed by atoms with E-state index in [1.54, 1.807) is 0 Å². The van der Waals surface area contributed by atoms with Gasteiger partial charge in [-0.05, 0) is 28.8 Å². The lowest BCUT2D eigenvalue weighted by Gasteiger charge is -2.27. The van der Waals surface area contributed by atoms with Crippen LogP contribution in [0.1, 0.15) is 25.7 Å². The maximum Gasteiger partial charge on any atom is 0.208 e. The Hall–Kier alpha value is -0.200. The lowest BCUT2D eigenvalue weighted by Crippen LogP contribution is -2.39. The topological polar surface area (TPSA) is 49.2 Å². The van der Waals surface area contributed by atoms with Gasteiger partial charge in [0.2, 0.25) is 5.13 Å². The fraction of sp³-hybridized carbons (Fsp3) is 0.778. The Bertz CT molecular complexity index is 338. The number of halogens is 1. The fourth-order valence-electron chi connectivity index (χ4n) is 2.05. The van der Waals surface area contributed by atoms with Crippen molar-refractivity contribution in [3.05, 3.63) is 3.92 Å². The van der Waals surface area contributed by atoms with Crippen LogP contribution in [0.5, 0.6) is 0 Å². The van der Waals surface area contributed by atoms with E-state index in [-0.39, 0.29) is 0 Å². The van der Waals surface area contributed by atoms with Crippen LogP contribution in [0.4, 0.5) is 5.13 Å². The third-order valence-corrected chi connectivity index (χ3v) is 4.25. The number of hydrogen-bond donors (Lipinski definition) is 1. The maximum absolute atomic E-state index is 10.2. The summed E-state index contributed by atoms with van der Waals surface area (Å²) < 4.78 is 0.780. The Morgan fingerprint density at radius 2 is 2.13 bits per heavy atom. The van der Waals surface area contributed by atoms with Gasteiger partial charge in [0.05, 0.1) is 5.60 Å². The standard InChI is InChI=1S/C9H14BrN3OS/c1-13(8-12-11-7(10)15-8)6-9(14)4-2-3-5-9/h14H,2-6H2,1H3. The summed E-state index contributed by atoms with van der Waals surface area (Å²) in [5.41, 5.74) is -0.521. The van der Waals surface area contributed by atoms with Gasteiger partial charge in [0.15, 0.2) is 3.92 Å². The van der Waals surface area contributed by atoms with E-state index in [2.05, 4.69) is 26.1 Å². The largest absolute Gasteiger partial charge is 0.388 e. The molecule has 0 saturated heterocycles. The van der Waals surface area contributed by atoms with Crippen molar-refractivity contribution < 1.29 is 5.11 Å². The lowest BCUT2D eigenvalue weighted by atomic mass is 10.0. The van der Waals surface area contributed by atoms with Crippen molar-refractivity contribution in [3.63, 3.8) is 0 Å². The fourth-order valence-corrected chi connectivity index (χ4v) is 3.10. The molecule has 1 aromatic rings. The Kier molecular flexibility index (Phi) is 3.27. The molecule has 0 unspecified atom stereocenters. The highest BCUT2D eigenvalue weighted by Gasteiger charge is 2.32. The molecule has 0 aliphatic heterocycles. The van der Waals surface area contributed by atoms with Gasteiger partial charge in [0, 0.05) is 13.6 Å². The van der Waals surface area contributed by atoms with E-state index in [4.69, 9.17) is 0 Å². The zero-order chi connectivity index (χ0) is 10.9. The second-order valence-electron chi connectivity index (χ2n) is 4.13. The highest BCUT2D eigenvalue weighted by Crippen LogP contribution is 2.32. The Morgan fingerprint density at radius 3 is 2.67 bits per heavy atom. The second-order valence-corrected chi connectivity index (χ2v) is 6.36. The minimum atomic E-state index is -0.521. The van der Waals surface area contributed by atoms with E-state index in [9.17, 15) is 5.11 Å². The van der Waals surface area contributed by atoms with Crippen LogP contribution < -0.4 is 4.90 Å². The molecule has 0 bridgehead atoms. The minimum absolute atomic E-state index is 0.521. The quantitative estimate of drug-likeness (QED) is 0.926. The van der Waals surface area contributed by atoms with Gasteiger partial charge < -0.3 is 10.0 Å². The van der Waals surface area contributed by atoms with Gasteiger partial charge in [-0.3, -0.25) is 0 Å². The van der Waals surface area contributed by atoms with Crippen LogP contribution in [-0.2, 0) is 0 Å². The number of rotatable bonds is 3. The van der Waals surface area contributed by atoms with Crippen molar-refractivity contribution in [2.45, 2.75) is 31.3 Å². The van der Waals surface area contributed by atoms with Gasteiger partial charge in [0.25, 0.3) is 0 Å². The number of nitrogens with zero attached hydrogens (tertiary/aromatic N) is 3. The normalized spacial score (nSPS) is 19.4. The van der Waals surface area contributed by atoms with Gasteiger partial charge >= 0.3 is 0 Å². The Labute approximate surface area is 101 Å².